The number of hydrogen-bond acceptors (Lipinski definition) is 3. The largest absolute Gasteiger partial charge is 0.349 e. The van der Waals surface area contributed by atoms with Crippen molar-refractivity contribution in [1.82, 2.24) is 5.32 Å². The van der Waals surface area contributed by atoms with Crippen molar-refractivity contribution in [2.24, 2.45) is 5.73 Å². The average molecular weight is 402 g/mol. The maximum absolute atomic E-state index is 12.6. The fourth-order valence-corrected chi connectivity index (χ4v) is 3.40. The molecule has 2 amide bonds. The molecule has 1 fully saturated rings. The molecular formula is C22H28ClN3O2. The van der Waals surface area contributed by atoms with Crippen LogP contribution in [-0.4, -0.2) is 17.9 Å². The summed E-state index contributed by atoms with van der Waals surface area (Å²) in [6.45, 7) is 1.68. The van der Waals surface area contributed by atoms with Crippen LogP contribution in [0, 0.1) is 0 Å². The molecule has 3 rings (SSSR count). The van der Waals surface area contributed by atoms with E-state index in [2.05, 4.69) is 10.6 Å². The minimum absolute atomic E-state index is 0. The summed E-state index contributed by atoms with van der Waals surface area (Å²) in [4.78, 5) is 25.0. The zero-order valence-electron chi connectivity index (χ0n) is 16.1. The number of hydrogen-bond donors (Lipinski definition) is 3. The molecule has 150 valence electrons. The number of carbonyl (C=O) groups excluding carboxylic acids is 2. The summed E-state index contributed by atoms with van der Waals surface area (Å²) in [5.74, 6) is -0.360. The molecule has 6 heteroatoms. The first-order valence-electron chi connectivity index (χ1n) is 9.53. The third kappa shape index (κ3) is 5.33. The highest BCUT2D eigenvalue weighted by Gasteiger charge is 2.30. The Balaban J connectivity index is 0.00000280. The van der Waals surface area contributed by atoms with Crippen molar-refractivity contribution in [3.63, 3.8) is 0 Å². The van der Waals surface area contributed by atoms with Gasteiger partial charge in [-0.3, -0.25) is 9.59 Å². The fourth-order valence-electron chi connectivity index (χ4n) is 3.40. The summed E-state index contributed by atoms with van der Waals surface area (Å²) in [6.07, 6.45) is 5.71. The van der Waals surface area contributed by atoms with Crippen molar-refractivity contribution in [3.05, 3.63) is 65.7 Å². The topological polar surface area (TPSA) is 84.2 Å². The average Bonchev–Trinajstić information content (AvgIpc) is 2.70. The van der Waals surface area contributed by atoms with Crippen LogP contribution in [0.5, 0.6) is 0 Å². The number of benzene rings is 2. The second-order valence-corrected chi connectivity index (χ2v) is 7.41. The van der Waals surface area contributed by atoms with E-state index in [1.54, 1.807) is 31.2 Å². The van der Waals surface area contributed by atoms with Crippen LogP contribution in [0.1, 0.15) is 54.9 Å². The van der Waals surface area contributed by atoms with Gasteiger partial charge in [-0.25, -0.2) is 0 Å². The SMILES string of the molecule is CC(N)(C(=O)Nc1ccc(C(=O)NC2CCCCC2)cc1)c1ccccc1.Cl. The Morgan fingerprint density at radius 3 is 2.18 bits per heavy atom. The summed E-state index contributed by atoms with van der Waals surface area (Å²) < 4.78 is 0. The summed E-state index contributed by atoms with van der Waals surface area (Å²) in [6, 6.07) is 16.4. The van der Waals surface area contributed by atoms with E-state index in [0.29, 0.717) is 11.3 Å². The van der Waals surface area contributed by atoms with Gasteiger partial charge in [0.15, 0.2) is 0 Å². The lowest BCUT2D eigenvalue weighted by atomic mass is 9.92. The highest BCUT2D eigenvalue weighted by Crippen LogP contribution is 2.21. The Morgan fingerprint density at radius 1 is 0.964 bits per heavy atom. The van der Waals surface area contributed by atoms with Crippen LogP contribution in [0.3, 0.4) is 0 Å². The van der Waals surface area contributed by atoms with Gasteiger partial charge in [0.1, 0.15) is 5.54 Å². The molecule has 28 heavy (non-hydrogen) atoms. The molecule has 1 aliphatic rings. The van der Waals surface area contributed by atoms with Gasteiger partial charge in [0.05, 0.1) is 0 Å². The molecule has 1 aliphatic carbocycles. The van der Waals surface area contributed by atoms with E-state index in [1.165, 1.54) is 19.3 Å². The standard InChI is InChI=1S/C22H27N3O2.ClH/c1-22(23,17-8-4-2-5-9-17)21(27)25-19-14-12-16(13-15-19)20(26)24-18-10-6-3-7-11-18;/h2,4-5,8-9,12-15,18H,3,6-7,10-11,23H2,1H3,(H,24,26)(H,25,27);1H. The second kappa shape index (κ2) is 9.71. The third-order valence-electron chi connectivity index (χ3n) is 5.19. The first-order valence-corrected chi connectivity index (χ1v) is 9.53. The van der Waals surface area contributed by atoms with Crippen molar-refractivity contribution >= 4 is 29.9 Å². The van der Waals surface area contributed by atoms with Gasteiger partial charge in [0.25, 0.3) is 5.91 Å². The van der Waals surface area contributed by atoms with Crippen LogP contribution in [0.25, 0.3) is 0 Å². The molecule has 0 aromatic heterocycles. The fraction of sp³-hybridized carbons (Fsp3) is 0.364. The molecule has 1 atom stereocenters. The summed E-state index contributed by atoms with van der Waals surface area (Å²) in [5, 5.41) is 5.93. The minimum Gasteiger partial charge on any atom is -0.349 e. The first-order chi connectivity index (χ1) is 13.0. The molecule has 4 N–H and O–H groups in total. The smallest absolute Gasteiger partial charge is 0.251 e. The lowest BCUT2D eigenvalue weighted by molar-refractivity contribution is -0.120. The molecule has 0 bridgehead atoms. The number of halogens is 1. The number of nitrogens with two attached hydrogens (primary N) is 1. The minimum atomic E-state index is -1.14. The zero-order chi connectivity index (χ0) is 19.3. The van der Waals surface area contributed by atoms with Gasteiger partial charge >= 0.3 is 0 Å². The van der Waals surface area contributed by atoms with Crippen molar-refractivity contribution in [3.8, 4) is 0 Å². The monoisotopic (exact) mass is 401 g/mol. The normalized spacial score (nSPS) is 16.4. The number of rotatable bonds is 5. The first kappa shape index (κ1) is 21.9. The van der Waals surface area contributed by atoms with Crippen LogP contribution in [-0.2, 0) is 10.3 Å². The number of amides is 2. The summed E-state index contributed by atoms with van der Waals surface area (Å²) >= 11 is 0. The van der Waals surface area contributed by atoms with E-state index >= 15 is 0 Å². The van der Waals surface area contributed by atoms with E-state index in [4.69, 9.17) is 5.73 Å². The Bertz CT molecular complexity index is 785. The van der Waals surface area contributed by atoms with Gasteiger partial charge in [0, 0.05) is 17.3 Å². The molecule has 0 radical (unpaired) electrons. The van der Waals surface area contributed by atoms with Gasteiger partial charge in [-0.1, -0.05) is 49.6 Å². The van der Waals surface area contributed by atoms with E-state index in [-0.39, 0.29) is 30.3 Å². The van der Waals surface area contributed by atoms with Gasteiger partial charge < -0.3 is 16.4 Å². The Hall–Kier alpha value is -2.37. The predicted molar refractivity (Wildman–Crippen MR) is 115 cm³/mol. The lowest BCUT2D eigenvalue weighted by Crippen LogP contribution is -2.45. The van der Waals surface area contributed by atoms with E-state index in [9.17, 15) is 9.59 Å². The predicted octanol–water partition coefficient (Wildman–Crippen LogP) is 3.98. The molecule has 2 aromatic rings. The van der Waals surface area contributed by atoms with Gasteiger partial charge in [-0.2, -0.15) is 0 Å². The Morgan fingerprint density at radius 2 is 1.57 bits per heavy atom. The van der Waals surface area contributed by atoms with Crippen molar-refractivity contribution in [2.75, 3.05) is 5.32 Å². The lowest BCUT2D eigenvalue weighted by Gasteiger charge is -2.24. The number of anilines is 1. The molecule has 1 saturated carbocycles. The Kier molecular flexibility index (Phi) is 7.61. The van der Waals surface area contributed by atoms with Gasteiger partial charge in [0.2, 0.25) is 5.91 Å². The van der Waals surface area contributed by atoms with E-state index < -0.39 is 5.54 Å². The van der Waals surface area contributed by atoms with Crippen LogP contribution in [0.4, 0.5) is 5.69 Å². The third-order valence-corrected chi connectivity index (χ3v) is 5.19. The maximum Gasteiger partial charge on any atom is 0.251 e. The summed E-state index contributed by atoms with van der Waals surface area (Å²) in [7, 11) is 0. The molecule has 0 saturated heterocycles. The molecule has 1 unspecified atom stereocenters. The highest BCUT2D eigenvalue weighted by atomic mass is 35.5. The zero-order valence-corrected chi connectivity index (χ0v) is 16.9. The number of carbonyl (C=O) groups is 2. The van der Waals surface area contributed by atoms with Crippen LogP contribution >= 0.6 is 12.4 Å². The highest BCUT2D eigenvalue weighted by molar-refractivity contribution is 5.99. The van der Waals surface area contributed by atoms with Crippen molar-refractivity contribution in [2.45, 2.75) is 50.6 Å². The number of nitrogens with one attached hydrogen (secondary N) is 2. The van der Waals surface area contributed by atoms with Crippen LogP contribution < -0.4 is 16.4 Å². The van der Waals surface area contributed by atoms with Crippen molar-refractivity contribution < 1.29 is 9.59 Å². The van der Waals surface area contributed by atoms with Crippen LogP contribution in [0.2, 0.25) is 0 Å². The molecule has 2 aromatic carbocycles. The van der Waals surface area contributed by atoms with Gasteiger partial charge in [-0.05, 0) is 49.6 Å². The molecular weight excluding hydrogens is 374 g/mol. The van der Waals surface area contributed by atoms with E-state index in [1.807, 2.05) is 30.3 Å². The Labute approximate surface area is 172 Å². The van der Waals surface area contributed by atoms with Gasteiger partial charge in [-0.15, -0.1) is 12.4 Å². The van der Waals surface area contributed by atoms with E-state index in [0.717, 1.165) is 18.4 Å². The molecule has 0 heterocycles. The molecule has 0 spiro atoms. The molecule has 0 aliphatic heterocycles. The quantitative estimate of drug-likeness (QED) is 0.708. The molecule has 5 nitrogen and oxygen atoms in total. The maximum atomic E-state index is 12.6. The van der Waals surface area contributed by atoms with Crippen molar-refractivity contribution in [1.29, 1.82) is 0 Å². The van der Waals surface area contributed by atoms with Crippen LogP contribution in [0.15, 0.2) is 54.6 Å². The second-order valence-electron chi connectivity index (χ2n) is 7.41. The summed E-state index contributed by atoms with van der Waals surface area (Å²) in [5.41, 5.74) is 7.04.